The third-order valence-corrected chi connectivity index (χ3v) is 3.12. The van der Waals surface area contributed by atoms with Crippen LogP contribution in [0.3, 0.4) is 0 Å². The van der Waals surface area contributed by atoms with Crippen LogP contribution in [0.25, 0.3) is 0 Å². The molecule has 0 bridgehead atoms. The molecule has 1 atom stereocenters. The Hall–Kier alpha value is -1.36. The van der Waals surface area contributed by atoms with Crippen LogP contribution in [0.15, 0.2) is 6.20 Å². The molecule has 1 amide bonds. The predicted molar refractivity (Wildman–Crippen MR) is 62.2 cm³/mol. The first-order valence-corrected chi connectivity index (χ1v) is 5.71. The Morgan fingerprint density at radius 2 is 2.44 bits per heavy atom. The van der Waals surface area contributed by atoms with Crippen LogP contribution in [0.5, 0.6) is 0 Å². The van der Waals surface area contributed by atoms with Crippen LogP contribution in [-0.2, 0) is 11.8 Å². The molecule has 1 fully saturated rings. The van der Waals surface area contributed by atoms with Crippen molar-refractivity contribution in [3.05, 3.63) is 11.9 Å². The second kappa shape index (κ2) is 4.65. The molecule has 0 aliphatic carbocycles. The summed E-state index contributed by atoms with van der Waals surface area (Å²) in [6.45, 7) is 2.88. The number of hydrogen-bond donors (Lipinski definition) is 2. The lowest BCUT2D eigenvalue weighted by atomic mass is 10.0. The summed E-state index contributed by atoms with van der Waals surface area (Å²) in [6.07, 6.45) is 4.90. The molecule has 2 rings (SSSR count). The SMILES string of the molecule is Cc1c(NC(=O)C2CCCCN2)cnn1C. The standard InChI is InChI=1S/C11H18N4O/c1-8-10(7-13-15(8)2)14-11(16)9-5-3-4-6-12-9/h7,9,12H,3-6H2,1-2H3,(H,14,16). The van der Waals surface area contributed by atoms with Crippen molar-refractivity contribution in [1.82, 2.24) is 15.1 Å². The van der Waals surface area contributed by atoms with Crippen LogP contribution in [0.1, 0.15) is 25.0 Å². The average molecular weight is 222 g/mol. The summed E-state index contributed by atoms with van der Waals surface area (Å²) < 4.78 is 1.75. The van der Waals surface area contributed by atoms with Gasteiger partial charge in [0.1, 0.15) is 0 Å². The number of carbonyl (C=O) groups excluding carboxylic acids is 1. The lowest BCUT2D eigenvalue weighted by Crippen LogP contribution is -2.43. The number of anilines is 1. The fraction of sp³-hybridized carbons (Fsp3) is 0.636. The molecule has 0 saturated carbocycles. The molecular formula is C11H18N4O. The van der Waals surface area contributed by atoms with Crippen LogP contribution in [-0.4, -0.2) is 28.3 Å². The molecule has 5 heteroatoms. The number of hydrogen-bond acceptors (Lipinski definition) is 3. The van der Waals surface area contributed by atoms with Crippen LogP contribution in [0, 0.1) is 6.92 Å². The number of rotatable bonds is 2. The summed E-state index contributed by atoms with van der Waals surface area (Å²) in [4.78, 5) is 11.9. The summed E-state index contributed by atoms with van der Waals surface area (Å²) in [5.41, 5.74) is 1.78. The molecule has 16 heavy (non-hydrogen) atoms. The molecule has 1 aliphatic heterocycles. The highest BCUT2D eigenvalue weighted by molar-refractivity contribution is 5.95. The maximum atomic E-state index is 11.9. The molecule has 1 aliphatic rings. The maximum Gasteiger partial charge on any atom is 0.241 e. The summed E-state index contributed by atoms with van der Waals surface area (Å²) in [5, 5.41) is 10.2. The smallest absolute Gasteiger partial charge is 0.241 e. The average Bonchev–Trinajstić information content (AvgIpc) is 2.62. The number of aryl methyl sites for hydroxylation is 1. The molecule has 0 aromatic carbocycles. The van der Waals surface area contributed by atoms with E-state index in [0.29, 0.717) is 0 Å². The summed E-state index contributed by atoms with van der Waals surface area (Å²) in [5.74, 6) is 0.0517. The number of aromatic nitrogens is 2. The topological polar surface area (TPSA) is 59.0 Å². The lowest BCUT2D eigenvalue weighted by molar-refractivity contribution is -0.118. The van der Waals surface area contributed by atoms with Crippen molar-refractivity contribution in [3.63, 3.8) is 0 Å². The number of nitrogens with zero attached hydrogens (tertiary/aromatic N) is 2. The molecule has 0 spiro atoms. The minimum Gasteiger partial charge on any atom is -0.322 e. The molecule has 5 nitrogen and oxygen atoms in total. The van der Waals surface area contributed by atoms with E-state index in [1.54, 1.807) is 10.9 Å². The minimum absolute atomic E-state index is 0.0478. The Bertz CT molecular complexity index is 379. The van der Waals surface area contributed by atoms with E-state index in [4.69, 9.17) is 0 Å². The van der Waals surface area contributed by atoms with E-state index in [9.17, 15) is 4.79 Å². The molecular weight excluding hydrogens is 204 g/mol. The van der Waals surface area contributed by atoms with Gasteiger partial charge in [-0.2, -0.15) is 5.10 Å². The van der Waals surface area contributed by atoms with Crippen molar-refractivity contribution in [1.29, 1.82) is 0 Å². The van der Waals surface area contributed by atoms with Crippen molar-refractivity contribution in [2.75, 3.05) is 11.9 Å². The molecule has 0 radical (unpaired) electrons. The van der Waals surface area contributed by atoms with E-state index < -0.39 is 0 Å². The second-order valence-corrected chi connectivity index (χ2v) is 4.26. The fourth-order valence-corrected chi connectivity index (χ4v) is 1.92. The second-order valence-electron chi connectivity index (χ2n) is 4.26. The first-order valence-electron chi connectivity index (χ1n) is 5.71. The van der Waals surface area contributed by atoms with Gasteiger partial charge in [-0.25, -0.2) is 0 Å². The van der Waals surface area contributed by atoms with E-state index in [2.05, 4.69) is 15.7 Å². The Morgan fingerprint density at radius 3 is 3.00 bits per heavy atom. The molecule has 88 valence electrons. The molecule has 1 aromatic rings. The van der Waals surface area contributed by atoms with Gasteiger partial charge in [0.05, 0.1) is 23.6 Å². The van der Waals surface area contributed by atoms with E-state index in [1.165, 1.54) is 0 Å². The van der Waals surface area contributed by atoms with Gasteiger partial charge < -0.3 is 10.6 Å². The van der Waals surface area contributed by atoms with Gasteiger partial charge in [-0.1, -0.05) is 6.42 Å². The van der Waals surface area contributed by atoms with Gasteiger partial charge >= 0.3 is 0 Å². The van der Waals surface area contributed by atoms with Crippen molar-refractivity contribution >= 4 is 11.6 Å². The summed E-state index contributed by atoms with van der Waals surface area (Å²) in [6, 6.07) is -0.0478. The summed E-state index contributed by atoms with van der Waals surface area (Å²) in [7, 11) is 1.86. The van der Waals surface area contributed by atoms with E-state index in [0.717, 1.165) is 37.2 Å². The van der Waals surface area contributed by atoms with E-state index >= 15 is 0 Å². The quantitative estimate of drug-likeness (QED) is 0.778. The molecule has 1 saturated heterocycles. The van der Waals surface area contributed by atoms with Crippen molar-refractivity contribution in [3.8, 4) is 0 Å². The zero-order chi connectivity index (χ0) is 11.5. The number of carbonyl (C=O) groups is 1. The third-order valence-electron chi connectivity index (χ3n) is 3.12. The summed E-state index contributed by atoms with van der Waals surface area (Å²) >= 11 is 0. The predicted octanol–water partition coefficient (Wildman–Crippen LogP) is 0.809. The van der Waals surface area contributed by atoms with Crippen molar-refractivity contribution in [2.45, 2.75) is 32.2 Å². The maximum absolute atomic E-state index is 11.9. The van der Waals surface area contributed by atoms with Crippen LogP contribution in [0.4, 0.5) is 5.69 Å². The highest BCUT2D eigenvalue weighted by atomic mass is 16.2. The Labute approximate surface area is 95.2 Å². The lowest BCUT2D eigenvalue weighted by Gasteiger charge is -2.22. The van der Waals surface area contributed by atoms with Gasteiger partial charge in [-0.05, 0) is 26.3 Å². The normalized spacial score (nSPS) is 20.8. The first-order chi connectivity index (χ1) is 7.68. The Balaban J connectivity index is 1.98. The van der Waals surface area contributed by atoms with Crippen molar-refractivity contribution < 1.29 is 4.79 Å². The van der Waals surface area contributed by atoms with Gasteiger partial charge in [0, 0.05) is 7.05 Å². The van der Waals surface area contributed by atoms with Gasteiger partial charge in [0.15, 0.2) is 0 Å². The first kappa shape index (κ1) is 11.1. The highest BCUT2D eigenvalue weighted by Gasteiger charge is 2.21. The Kier molecular flexibility index (Phi) is 3.24. The monoisotopic (exact) mass is 222 g/mol. The third kappa shape index (κ3) is 2.24. The van der Waals surface area contributed by atoms with Gasteiger partial charge in [-0.15, -0.1) is 0 Å². The molecule has 1 aromatic heterocycles. The minimum atomic E-state index is -0.0478. The number of amides is 1. The fourth-order valence-electron chi connectivity index (χ4n) is 1.92. The van der Waals surface area contributed by atoms with Crippen LogP contribution >= 0.6 is 0 Å². The highest BCUT2D eigenvalue weighted by Crippen LogP contribution is 2.14. The zero-order valence-corrected chi connectivity index (χ0v) is 9.79. The van der Waals surface area contributed by atoms with E-state index in [-0.39, 0.29) is 11.9 Å². The van der Waals surface area contributed by atoms with E-state index in [1.807, 2.05) is 14.0 Å². The molecule has 2 heterocycles. The molecule has 1 unspecified atom stereocenters. The van der Waals surface area contributed by atoms with Crippen LogP contribution in [0.2, 0.25) is 0 Å². The van der Waals surface area contributed by atoms with Gasteiger partial charge in [0.25, 0.3) is 0 Å². The number of nitrogens with one attached hydrogen (secondary N) is 2. The Morgan fingerprint density at radius 1 is 1.62 bits per heavy atom. The van der Waals surface area contributed by atoms with Gasteiger partial charge in [-0.3, -0.25) is 9.48 Å². The van der Waals surface area contributed by atoms with Crippen molar-refractivity contribution in [2.24, 2.45) is 7.05 Å². The number of piperidine rings is 1. The molecule has 2 N–H and O–H groups in total. The van der Waals surface area contributed by atoms with Crippen LogP contribution < -0.4 is 10.6 Å². The largest absolute Gasteiger partial charge is 0.322 e. The zero-order valence-electron chi connectivity index (χ0n) is 9.79. The van der Waals surface area contributed by atoms with Gasteiger partial charge in [0.2, 0.25) is 5.91 Å².